The van der Waals surface area contributed by atoms with Gasteiger partial charge in [-0.25, -0.2) is 0 Å². The zero-order valence-electron chi connectivity index (χ0n) is 11.5. The highest BCUT2D eigenvalue weighted by atomic mass is 32.1. The second-order valence-corrected chi connectivity index (χ2v) is 6.43. The van der Waals surface area contributed by atoms with Gasteiger partial charge in [-0.15, -0.1) is 5.10 Å². The fourth-order valence-corrected chi connectivity index (χ4v) is 2.27. The summed E-state index contributed by atoms with van der Waals surface area (Å²) in [6, 6.07) is 0. The van der Waals surface area contributed by atoms with E-state index in [1.165, 1.54) is 16.4 Å². The molecule has 1 aromatic heterocycles. The molecule has 0 radical (unpaired) electrons. The van der Waals surface area contributed by atoms with Gasteiger partial charge in [-0.05, 0) is 38.2 Å². The lowest BCUT2D eigenvalue weighted by Crippen LogP contribution is -2.40. The number of hydrogen-bond acceptors (Lipinski definition) is 5. The molecule has 0 unspecified atom stereocenters. The van der Waals surface area contributed by atoms with Crippen LogP contribution in [0.3, 0.4) is 0 Å². The van der Waals surface area contributed by atoms with E-state index in [0.29, 0.717) is 5.92 Å². The second-order valence-electron chi connectivity index (χ2n) is 5.59. The topological polar surface area (TPSA) is 49.8 Å². The van der Waals surface area contributed by atoms with Crippen LogP contribution < -0.4 is 10.6 Å². The molecule has 0 saturated heterocycles. The molecule has 4 nitrogen and oxygen atoms in total. The van der Waals surface area contributed by atoms with Crippen molar-refractivity contribution in [3.8, 4) is 0 Å². The van der Waals surface area contributed by atoms with Gasteiger partial charge in [-0.2, -0.15) is 0 Å². The molecule has 0 aromatic carbocycles. The van der Waals surface area contributed by atoms with Gasteiger partial charge in [0.1, 0.15) is 0 Å². The van der Waals surface area contributed by atoms with E-state index in [1.807, 2.05) is 0 Å². The van der Waals surface area contributed by atoms with E-state index < -0.39 is 0 Å². The van der Waals surface area contributed by atoms with Crippen LogP contribution in [0.1, 0.15) is 51.1 Å². The van der Waals surface area contributed by atoms with E-state index in [-0.39, 0.29) is 5.54 Å². The quantitative estimate of drug-likeness (QED) is 0.766. The molecule has 0 aliphatic rings. The smallest absolute Gasteiger partial charge is 0.0826 e. The van der Waals surface area contributed by atoms with Gasteiger partial charge in [0.2, 0.25) is 0 Å². The van der Waals surface area contributed by atoms with E-state index in [0.717, 1.165) is 25.3 Å². The average molecular weight is 256 g/mol. The minimum atomic E-state index is 0.191. The maximum absolute atomic E-state index is 4.17. The van der Waals surface area contributed by atoms with Gasteiger partial charge in [-0.1, -0.05) is 18.3 Å². The lowest BCUT2D eigenvalue weighted by molar-refractivity contribution is 0.421. The van der Waals surface area contributed by atoms with Crippen LogP contribution in [0, 0.1) is 0 Å². The second kappa shape index (κ2) is 6.42. The van der Waals surface area contributed by atoms with Crippen molar-refractivity contribution >= 4 is 11.5 Å². The first kappa shape index (κ1) is 14.5. The standard InChI is InChI=1S/C12H24N4S/c1-9(2)11-10(17-16-15-11)8-13-6-7-14-12(3,4)5/h9,13-14H,6-8H2,1-5H3. The molecular formula is C12H24N4S. The molecule has 0 bridgehead atoms. The lowest BCUT2D eigenvalue weighted by Gasteiger charge is -2.20. The normalized spacial score (nSPS) is 12.4. The molecule has 1 aromatic rings. The molecule has 0 atom stereocenters. The Kier molecular flexibility index (Phi) is 5.49. The summed E-state index contributed by atoms with van der Waals surface area (Å²) in [5.74, 6) is 0.457. The van der Waals surface area contributed by atoms with E-state index in [1.54, 1.807) is 0 Å². The number of aromatic nitrogens is 2. The molecule has 0 saturated carbocycles. The number of nitrogens with one attached hydrogen (secondary N) is 2. The summed E-state index contributed by atoms with van der Waals surface area (Å²) in [4.78, 5) is 1.26. The number of nitrogens with zero attached hydrogens (tertiary/aromatic N) is 2. The molecule has 0 amide bonds. The molecule has 1 rings (SSSR count). The van der Waals surface area contributed by atoms with Crippen LogP contribution in [0.4, 0.5) is 0 Å². The van der Waals surface area contributed by atoms with Crippen LogP contribution in [-0.2, 0) is 6.54 Å². The molecular weight excluding hydrogens is 232 g/mol. The molecule has 0 spiro atoms. The first-order valence-corrected chi connectivity index (χ1v) is 6.94. The summed E-state index contributed by atoms with van der Waals surface area (Å²) in [6.45, 7) is 13.7. The summed E-state index contributed by atoms with van der Waals surface area (Å²) in [5, 5.41) is 11.0. The van der Waals surface area contributed by atoms with Gasteiger partial charge in [0, 0.05) is 25.2 Å². The first-order valence-electron chi connectivity index (χ1n) is 6.17. The van der Waals surface area contributed by atoms with Gasteiger partial charge in [0.25, 0.3) is 0 Å². The van der Waals surface area contributed by atoms with Crippen LogP contribution in [0.15, 0.2) is 0 Å². The molecule has 17 heavy (non-hydrogen) atoms. The molecule has 0 aliphatic heterocycles. The van der Waals surface area contributed by atoms with Gasteiger partial charge < -0.3 is 10.6 Å². The highest BCUT2D eigenvalue weighted by Crippen LogP contribution is 2.18. The minimum absolute atomic E-state index is 0.191. The Labute approximate surface area is 108 Å². The SMILES string of the molecule is CC(C)c1nnsc1CNCCNC(C)(C)C. The minimum Gasteiger partial charge on any atom is -0.311 e. The van der Waals surface area contributed by atoms with Crippen molar-refractivity contribution in [2.75, 3.05) is 13.1 Å². The predicted molar refractivity (Wildman–Crippen MR) is 73.5 cm³/mol. The maximum atomic E-state index is 4.17. The van der Waals surface area contributed by atoms with Crippen LogP contribution >= 0.6 is 11.5 Å². The van der Waals surface area contributed by atoms with E-state index in [2.05, 4.69) is 54.8 Å². The van der Waals surface area contributed by atoms with Crippen molar-refractivity contribution in [3.05, 3.63) is 10.6 Å². The van der Waals surface area contributed by atoms with E-state index in [4.69, 9.17) is 0 Å². The lowest BCUT2D eigenvalue weighted by atomic mass is 10.1. The maximum Gasteiger partial charge on any atom is 0.0826 e. The van der Waals surface area contributed by atoms with Crippen LogP contribution in [0.5, 0.6) is 0 Å². The Hall–Kier alpha value is -0.520. The summed E-state index contributed by atoms with van der Waals surface area (Å²) in [7, 11) is 0. The van der Waals surface area contributed by atoms with Crippen molar-refractivity contribution in [1.82, 2.24) is 20.2 Å². The predicted octanol–water partition coefficient (Wildman–Crippen LogP) is 2.14. The Morgan fingerprint density at radius 3 is 2.53 bits per heavy atom. The van der Waals surface area contributed by atoms with Gasteiger partial charge in [0.05, 0.1) is 10.6 Å². The summed E-state index contributed by atoms with van der Waals surface area (Å²) in [6.07, 6.45) is 0. The van der Waals surface area contributed by atoms with Crippen molar-refractivity contribution in [2.45, 2.75) is 52.6 Å². The summed E-state index contributed by atoms with van der Waals surface area (Å²) >= 11 is 1.50. The van der Waals surface area contributed by atoms with Gasteiger partial charge >= 0.3 is 0 Å². The zero-order valence-corrected chi connectivity index (χ0v) is 12.3. The molecule has 0 aliphatic carbocycles. The zero-order chi connectivity index (χ0) is 12.9. The van der Waals surface area contributed by atoms with E-state index >= 15 is 0 Å². The van der Waals surface area contributed by atoms with Crippen molar-refractivity contribution in [2.24, 2.45) is 0 Å². The summed E-state index contributed by atoms with van der Waals surface area (Å²) in [5.41, 5.74) is 1.32. The highest BCUT2D eigenvalue weighted by molar-refractivity contribution is 7.05. The molecule has 0 fully saturated rings. The molecule has 1 heterocycles. The third-order valence-electron chi connectivity index (χ3n) is 2.37. The van der Waals surface area contributed by atoms with Crippen LogP contribution in [-0.4, -0.2) is 28.2 Å². The largest absolute Gasteiger partial charge is 0.311 e. The molecule has 2 N–H and O–H groups in total. The number of hydrogen-bond donors (Lipinski definition) is 2. The Morgan fingerprint density at radius 2 is 1.94 bits per heavy atom. The average Bonchev–Trinajstić information content (AvgIpc) is 2.63. The van der Waals surface area contributed by atoms with Gasteiger partial charge in [0.15, 0.2) is 0 Å². The highest BCUT2D eigenvalue weighted by Gasteiger charge is 2.11. The Balaban J connectivity index is 2.25. The fourth-order valence-electron chi connectivity index (χ4n) is 1.50. The van der Waals surface area contributed by atoms with Crippen molar-refractivity contribution < 1.29 is 0 Å². The Bertz CT molecular complexity index is 327. The fraction of sp³-hybridized carbons (Fsp3) is 0.833. The third kappa shape index (κ3) is 5.57. The number of rotatable bonds is 6. The Morgan fingerprint density at radius 1 is 1.24 bits per heavy atom. The first-order chi connectivity index (χ1) is 7.90. The van der Waals surface area contributed by atoms with Crippen molar-refractivity contribution in [1.29, 1.82) is 0 Å². The monoisotopic (exact) mass is 256 g/mol. The van der Waals surface area contributed by atoms with E-state index in [9.17, 15) is 0 Å². The van der Waals surface area contributed by atoms with Crippen LogP contribution in [0.2, 0.25) is 0 Å². The molecule has 5 heteroatoms. The van der Waals surface area contributed by atoms with Gasteiger partial charge in [-0.3, -0.25) is 0 Å². The molecule has 98 valence electrons. The summed E-state index contributed by atoms with van der Waals surface area (Å²) < 4.78 is 4.02. The van der Waals surface area contributed by atoms with Crippen LogP contribution in [0.25, 0.3) is 0 Å². The third-order valence-corrected chi connectivity index (χ3v) is 3.11. The van der Waals surface area contributed by atoms with Crippen molar-refractivity contribution in [3.63, 3.8) is 0 Å².